The van der Waals surface area contributed by atoms with Crippen LogP contribution in [0.5, 0.6) is 0 Å². The zero-order valence-electron chi connectivity index (χ0n) is 12.9. The van der Waals surface area contributed by atoms with Crippen molar-refractivity contribution in [2.45, 2.75) is 20.0 Å². The van der Waals surface area contributed by atoms with Gasteiger partial charge in [-0.2, -0.15) is 0 Å². The van der Waals surface area contributed by atoms with Crippen LogP contribution in [0.3, 0.4) is 0 Å². The Balaban J connectivity index is 2.06. The van der Waals surface area contributed by atoms with Crippen LogP contribution in [-0.4, -0.2) is 18.0 Å². The predicted octanol–water partition coefficient (Wildman–Crippen LogP) is 4.11. The molecule has 7 heteroatoms. The van der Waals surface area contributed by atoms with Crippen LogP contribution in [0.4, 0.5) is 14.5 Å². The molecule has 2 aromatic rings. The van der Waals surface area contributed by atoms with Crippen LogP contribution in [0, 0.1) is 18.6 Å². The summed E-state index contributed by atoms with van der Waals surface area (Å²) >= 11 is 5.70. The van der Waals surface area contributed by atoms with E-state index in [2.05, 4.69) is 5.32 Å². The van der Waals surface area contributed by atoms with Crippen molar-refractivity contribution < 1.29 is 23.1 Å². The van der Waals surface area contributed by atoms with Crippen molar-refractivity contribution in [1.82, 2.24) is 0 Å². The smallest absolute Gasteiger partial charge is 0.340 e. The zero-order chi connectivity index (χ0) is 17.9. The summed E-state index contributed by atoms with van der Waals surface area (Å²) in [5, 5.41) is 2.29. The average molecular weight is 354 g/mol. The number of anilines is 1. The fraction of sp³-hybridized carbons (Fsp3) is 0.176. The number of ether oxygens (including phenoxy) is 1. The van der Waals surface area contributed by atoms with E-state index in [0.717, 1.165) is 5.56 Å². The molecule has 1 amide bonds. The SMILES string of the molecule is Cc1cccc(NC(=O)[C@@H](C)OC(=O)c2cc(F)c(F)cc2Cl)c1. The van der Waals surface area contributed by atoms with Crippen molar-refractivity contribution in [2.75, 3.05) is 5.32 Å². The first kappa shape index (κ1) is 17.9. The molecule has 4 nitrogen and oxygen atoms in total. The van der Waals surface area contributed by atoms with Crippen molar-refractivity contribution in [1.29, 1.82) is 0 Å². The molecular weight excluding hydrogens is 340 g/mol. The molecule has 0 saturated carbocycles. The molecule has 0 aliphatic carbocycles. The Bertz CT molecular complexity index is 795. The molecule has 0 saturated heterocycles. The molecule has 24 heavy (non-hydrogen) atoms. The van der Waals surface area contributed by atoms with Gasteiger partial charge in [-0.1, -0.05) is 23.7 Å². The molecule has 126 valence electrons. The maximum atomic E-state index is 13.2. The van der Waals surface area contributed by atoms with Gasteiger partial charge in [0, 0.05) is 5.69 Å². The second kappa shape index (κ2) is 7.40. The van der Waals surface area contributed by atoms with Crippen molar-refractivity contribution in [3.05, 3.63) is 64.2 Å². The minimum Gasteiger partial charge on any atom is -0.449 e. The molecule has 0 bridgehead atoms. The van der Waals surface area contributed by atoms with Crippen molar-refractivity contribution in [3.63, 3.8) is 0 Å². The zero-order valence-corrected chi connectivity index (χ0v) is 13.7. The molecule has 0 fully saturated rings. The minimum atomic E-state index is -1.23. The lowest BCUT2D eigenvalue weighted by atomic mass is 10.2. The van der Waals surface area contributed by atoms with E-state index in [1.54, 1.807) is 18.2 Å². The third-order valence-corrected chi connectivity index (χ3v) is 3.48. The van der Waals surface area contributed by atoms with E-state index in [4.69, 9.17) is 16.3 Å². The van der Waals surface area contributed by atoms with Crippen LogP contribution in [0.25, 0.3) is 0 Å². The predicted molar refractivity (Wildman–Crippen MR) is 86.1 cm³/mol. The molecule has 0 heterocycles. The second-order valence-corrected chi connectivity index (χ2v) is 5.56. The van der Waals surface area contributed by atoms with Crippen LogP contribution in [0.15, 0.2) is 36.4 Å². The number of benzene rings is 2. The molecule has 0 aliphatic heterocycles. The van der Waals surface area contributed by atoms with Crippen LogP contribution in [-0.2, 0) is 9.53 Å². The Labute approximate surface area is 142 Å². The van der Waals surface area contributed by atoms with Gasteiger partial charge in [0.2, 0.25) is 0 Å². The highest BCUT2D eigenvalue weighted by Crippen LogP contribution is 2.21. The molecule has 0 aromatic heterocycles. The summed E-state index contributed by atoms with van der Waals surface area (Å²) in [6.07, 6.45) is -1.15. The molecule has 0 radical (unpaired) electrons. The van der Waals surface area contributed by atoms with Crippen LogP contribution in [0.2, 0.25) is 5.02 Å². The van der Waals surface area contributed by atoms with Crippen molar-refractivity contribution >= 4 is 29.2 Å². The lowest BCUT2D eigenvalue weighted by molar-refractivity contribution is -0.123. The van der Waals surface area contributed by atoms with E-state index < -0.39 is 29.6 Å². The Morgan fingerprint density at radius 1 is 1.17 bits per heavy atom. The Hall–Kier alpha value is -2.47. The summed E-state index contributed by atoms with van der Waals surface area (Å²) in [6.45, 7) is 3.22. The van der Waals surface area contributed by atoms with Gasteiger partial charge in [-0.25, -0.2) is 13.6 Å². The Morgan fingerprint density at radius 2 is 1.83 bits per heavy atom. The van der Waals surface area contributed by atoms with Gasteiger partial charge in [-0.3, -0.25) is 4.79 Å². The number of carbonyl (C=O) groups is 2. The maximum absolute atomic E-state index is 13.2. The van der Waals surface area contributed by atoms with E-state index in [9.17, 15) is 18.4 Å². The highest BCUT2D eigenvalue weighted by molar-refractivity contribution is 6.33. The number of amides is 1. The highest BCUT2D eigenvalue weighted by Gasteiger charge is 2.22. The van der Waals surface area contributed by atoms with Crippen LogP contribution >= 0.6 is 11.6 Å². The summed E-state index contributed by atoms with van der Waals surface area (Å²) < 4.78 is 31.2. The van der Waals surface area contributed by atoms with Crippen LogP contribution < -0.4 is 5.32 Å². The topological polar surface area (TPSA) is 55.4 Å². The fourth-order valence-corrected chi connectivity index (χ4v) is 2.15. The van der Waals surface area contributed by atoms with Gasteiger partial charge in [0.05, 0.1) is 10.6 Å². The molecular formula is C17H14ClF2NO3. The summed E-state index contributed by atoms with van der Waals surface area (Å²) in [7, 11) is 0. The van der Waals surface area contributed by atoms with Gasteiger partial charge in [-0.15, -0.1) is 0 Å². The number of halogens is 3. The number of rotatable bonds is 4. The number of aryl methyl sites for hydroxylation is 1. The number of nitrogens with one attached hydrogen (secondary N) is 1. The standard InChI is InChI=1S/C17H14ClF2NO3/c1-9-4-3-5-11(6-9)21-16(22)10(2)24-17(23)12-7-14(19)15(20)8-13(12)18/h3-8,10H,1-2H3,(H,21,22)/t10-/m1/s1. The molecule has 0 unspecified atom stereocenters. The Morgan fingerprint density at radius 3 is 2.50 bits per heavy atom. The lowest BCUT2D eigenvalue weighted by Crippen LogP contribution is -2.30. The van der Waals surface area contributed by atoms with Crippen molar-refractivity contribution in [2.24, 2.45) is 0 Å². The summed E-state index contributed by atoms with van der Waals surface area (Å²) in [6, 6.07) is 8.37. The first-order valence-electron chi connectivity index (χ1n) is 7.01. The number of hydrogen-bond donors (Lipinski definition) is 1. The number of hydrogen-bond acceptors (Lipinski definition) is 3. The van der Waals surface area contributed by atoms with Gasteiger partial charge in [0.15, 0.2) is 17.7 Å². The van der Waals surface area contributed by atoms with E-state index >= 15 is 0 Å². The number of esters is 1. The molecule has 1 atom stereocenters. The molecule has 2 aromatic carbocycles. The second-order valence-electron chi connectivity index (χ2n) is 5.15. The molecule has 1 N–H and O–H groups in total. The maximum Gasteiger partial charge on any atom is 0.340 e. The molecule has 2 rings (SSSR count). The van der Waals surface area contributed by atoms with Gasteiger partial charge >= 0.3 is 5.97 Å². The largest absolute Gasteiger partial charge is 0.449 e. The van der Waals surface area contributed by atoms with Gasteiger partial charge in [-0.05, 0) is 43.7 Å². The van der Waals surface area contributed by atoms with Crippen LogP contribution in [0.1, 0.15) is 22.8 Å². The quantitative estimate of drug-likeness (QED) is 0.664. The van der Waals surface area contributed by atoms with E-state index in [0.29, 0.717) is 17.8 Å². The van der Waals surface area contributed by atoms with Crippen molar-refractivity contribution in [3.8, 4) is 0 Å². The third-order valence-electron chi connectivity index (χ3n) is 3.17. The normalized spacial score (nSPS) is 11.7. The first-order valence-corrected chi connectivity index (χ1v) is 7.39. The fourth-order valence-electron chi connectivity index (χ4n) is 1.92. The Kier molecular flexibility index (Phi) is 5.51. The molecule has 0 aliphatic rings. The highest BCUT2D eigenvalue weighted by atomic mass is 35.5. The lowest BCUT2D eigenvalue weighted by Gasteiger charge is -2.14. The van der Waals surface area contributed by atoms with Gasteiger partial charge in [0.25, 0.3) is 5.91 Å². The van der Waals surface area contributed by atoms with E-state index in [1.807, 2.05) is 13.0 Å². The van der Waals surface area contributed by atoms with Gasteiger partial charge < -0.3 is 10.1 Å². The van der Waals surface area contributed by atoms with E-state index in [1.165, 1.54) is 6.92 Å². The van der Waals surface area contributed by atoms with Gasteiger partial charge in [0.1, 0.15) is 0 Å². The first-order chi connectivity index (χ1) is 11.3. The molecule has 0 spiro atoms. The summed E-state index contributed by atoms with van der Waals surface area (Å²) in [5.74, 6) is -4.00. The average Bonchev–Trinajstić information content (AvgIpc) is 2.50. The summed E-state index contributed by atoms with van der Waals surface area (Å²) in [4.78, 5) is 24.0. The number of carbonyl (C=O) groups excluding carboxylic acids is 2. The van der Waals surface area contributed by atoms with E-state index in [-0.39, 0.29) is 10.6 Å². The third kappa shape index (κ3) is 4.29. The monoisotopic (exact) mass is 353 g/mol. The minimum absolute atomic E-state index is 0.301. The summed E-state index contributed by atoms with van der Waals surface area (Å²) in [5.41, 5.74) is 1.14.